The normalized spacial score (nSPS) is 10.5. The number of benzene rings is 2. The maximum absolute atomic E-state index is 12.8. The average Bonchev–Trinajstić information content (AvgIpc) is 2.39. The highest BCUT2D eigenvalue weighted by atomic mass is 79.9. The summed E-state index contributed by atoms with van der Waals surface area (Å²) in [5, 5.41) is 0. The van der Waals surface area contributed by atoms with Crippen LogP contribution in [0.3, 0.4) is 0 Å². The van der Waals surface area contributed by atoms with Crippen molar-refractivity contribution in [3.8, 4) is 5.75 Å². The molecule has 0 radical (unpaired) electrons. The summed E-state index contributed by atoms with van der Waals surface area (Å²) in [5.74, 6) is 0.557. The second kappa shape index (κ2) is 6.17. The van der Waals surface area contributed by atoms with E-state index in [2.05, 4.69) is 15.9 Å². The molecule has 0 unspecified atom stereocenters. The van der Waals surface area contributed by atoms with Crippen LogP contribution in [0.4, 0.5) is 4.39 Å². The Kier molecular flexibility index (Phi) is 4.56. The fourth-order valence-corrected chi connectivity index (χ4v) is 2.51. The van der Waals surface area contributed by atoms with E-state index in [1.807, 2.05) is 19.1 Å². The lowest BCUT2D eigenvalue weighted by Gasteiger charge is -2.14. The molecular formula is C15H15BrFNO. The van der Waals surface area contributed by atoms with Gasteiger partial charge in [0.1, 0.15) is 18.2 Å². The Morgan fingerprint density at radius 1 is 1.21 bits per heavy atom. The van der Waals surface area contributed by atoms with Crippen LogP contribution in [0.15, 0.2) is 40.9 Å². The summed E-state index contributed by atoms with van der Waals surface area (Å²) in [6.07, 6.45) is 0. The Bertz CT molecular complexity index is 569. The van der Waals surface area contributed by atoms with Crippen molar-refractivity contribution in [2.24, 2.45) is 5.73 Å². The molecule has 100 valence electrons. The first kappa shape index (κ1) is 14.0. The van der Waals surface area contributed by atoms with Crippen LogP contribution in [0.2, 0.25) is 0 Å². The smallest absolute Gasteiger partial charge is 0.127 e. The molecule has 0 saturated carbocycles. The number of hydrogen-bond donors (Lipinski definition) is 1. The average molecular weight is 324 g/mol. The van der Waals surface area contributed by atoms with Crippen molar-refractivity contribution in [1.29, 1.82) is 0 Å². The predicted molar refractivity (Wildman–Crippen MR) is 77.5 cm³/mol. The molecule has 19 heavy (non-hydrogen) atoms. The number of halogens is 2. The van der Waals surface area contributed by atoms with Crippen LogP contribution in [0, 0.1) is 12.7 Å². The zero-order valence-electron chi connectivity index (χ0n) is 10.6. The fraction of sp³-hybridized carbons (Fsp3) is 0.200. The van der Waals surface area contributed by atoms with Crippen LogP contribution in [0.25, 0.3) is 0 Å². The van der Waals surface area contributed by atoms with Crippen LogP contribution in [-0.4, -0.2) is 0 Å². The summed E-state index contributed by atoms with van der Waals surface area (Å²) in [7, 11) is 0. The molecule has 4 heteroatoms. The van der Waals surface area contributed by atoms with Crippen molar-refractivity contribution in [3.63, 3.8) is 0 Å². The lowest BCUT2D eigenvalue weighted by atomic mass is 10.1. The fourth-order valence-electron chi connectivity index (χ4n) is 1.89. The van der Waals surface area contributed by atoms with Gasteiger partial charge in [0.05, 0.1) is 0 Å². The maximum Gasteiger partial charge on any atom is 0.127 e. The van der Waals surface area contributed by atoms with E-state index in [1.54, 1.807) is 12.1 Å². The number of hydrogen-bond acceptors (Lipinski definition) is 2. The SMILES string of the molecule is Cc1cc(Br)cc(CN)c1OCc1ccc(F)cc1. The zero-order chi connectivity index (χ0) is 13.8. The van der Waals surface area contributed by atoms with Gasteiger partial charge in [0, 0.05) is 16.6 Å². The van der Waals surface area contributed by atoms with Gasteiger partial charge in [0.15, 0.2) is 0 Å². The van der Waals surface area contributed by atoms with Crippen LogP contribution in [-0.2, 0) is 13.2 Å². The quantitative estimate of drug-likeness (QED) is 0.925. The topological polar surface area (TPSA) is 35.2 Å². The van der Waals surface area contributed by atoms with E-state index in [4.69, 9.17) is 10.5 Å². The lowest BCUT2D eigenvalue weighted by Crippen LogP contribution is -2.04. The van der Waals surface area contributed by atoms with E-state index in [9.17, 15) is 4.39 Å². The first-order valence-electron chi connectivity index (χ1n) is 5.96. The zero-order valence-corrected chi connectivity index (χ0v) is 12.2. The van der Waals surface area contributed by atoms with Crippen molar-refractivity contribution in [3.05, 3.63) is 63.4 Å². The maximum atomic E-state index is 12.8. The minimum atomic E-state index is -0.244. The van der Waals surface area contributed by atoms with Gasteiger partial charge in [-0.05, 0) is 42.3 Å². The molecule has 2 nitrogen and oxygen atoms in total. The number of rotatable bonds is 4. The molecule has 0 amide bonds. The van der Waals surface area contributed by atoms with E-state index >= 15 is 0 Å². The van der Waals surface area contributed by atoms with Crippen LogP contribution in [0.5, 0.6) is 5.75 Å². The highest BCUT2D eigenvalue weighted by Gasteiger charge is 2.08. The Hall–Kier alpha value is -1.39. The second-order valence-electron chi connectivity index (χ2n) is 4.33. The molecule has 0 aliphatic heterocycles. The minimum Gasteiger partial charge on any atom is -0.488 e. The number of aryl methyl sites for hydroxylation is 1. The van der Waals surface area contributed by atoms with Crippen molar-refractivity contribution in [2.75, 3.05) is 0 Å². The van der Waals surface area contributed by atoms with Gasteiger partial charge in [-0.3, -0.25) is 0 Å². The first-order chi connectivity index (χ1) is 9.10. The molecule has 0 aliphatic carbocycles. The van der Waals surface area contributed by atoms with E-state index in [0.29, 0.717) is 13.2 Å². The third-order valence-electron chi connectivity index (χ3n) is 2.83. The Morgan fingerprint density at radius 3 is 2.53 bits per heavy atom. The molecule has 0 atom stereocenters. The van der Waals surface area contributed by atoms with E-state index in [1.165, 1.54) is 12.1 Å². The minimum absolute atomic E-state index is 0.244. The predicted octanol–water partition coefficient (Wildman–Crippen LogP) is 3.93. The van der Waals surface area contributed by atoms with Gasteiger partial charge in [-0.15, -0.1) is 0 Å². The molecule has 2 aromatic carbocycles. The van der Waals surface area contributed by atoms with Gasteiger partial charge < -0.3 is 10.5 Å². The van der Waals surface area contributed by atoms with Gasteiger partial charge in [-0.1, -0.05) is 28.1 Å². The Morgan fingerprint density at radius 2 is 1.89 bits per heavy atom. The summed E-state index contributed by atoms with van der Waals surface area (Å²) in [4.78, 5) is 0. The van der Waals surface area contributed by atoms with Gasteiger partial charge in [0.2, 0.25) is 0 Å². The summed E-state index contributed by atoms with van der Waals surface area (Å²) in [5.41, 5.74) is 8.63. The van der Waals surface area contributed by atoms with Gasteiger partial charge in [-0.2, -0.15) is 0 Å². The number of nitrogens with two attached hydrogens (primary N) is 1. The monoisotopic (exact) mass is 323 g/mol. The van der Waals surface area contributed by atoms with E-state index in [0.717, 1.165) is 26.9 Å². The molecule has 0 saturated heterocycles. The first-order valence-corrected chi connectivity index (χ1v) is 6.76. The largest absolute Gasteiger partial charge is 0.488 e. The highest BCUT2D eigenvalue weighted by Crippen LogP contribution is 2.28. The van der Waals surface area contributed by atoms with Crippen LogP contribution < -0.4 is 10.5 Å². The van der Waals surface area contributed by atoms with Crippen molar-refractivity contribution < 1.29 is 9.13 Å². The molecular weight excluding hydrogens is 309 g/mol. The Labute approximate surface area is 120 Å². The molecule has 2 aromatic rings. The van der Waals surface area contributed by atoms with Crippen molar-refractivity contribution in [1.82, 2.24) is 0 Å². The third-order valence-corrected chi connectivity index (χ3v) is 3.29. The molecule has 0 fully saturated rings. The summed E-state index contributed by atoms with van der Waals surface area (Å²) in [6.45, 7) is 2.79. The number of ether oxygens (including phenoxy) is 1. The molecule has 2 rings (SSSR count). The van der Waals surface area contributed by atoms with Crippen LogP contribution >= 0.6 is 15.9 Å². The lowest BCUT2D eigenvalue weighted by molar-refractivity contribution is 0.300. The molecule has 0 heterocycles. The molecule has 0 spiro atoms. The van der Waals surface area contributed by atoms with E-state index < -0.39 is 0 Å². The standard InChI is InChI=1S/C15H15BrFNO/c1-10-6-13(16)7-12(8-18)15(10)19-9-11-2-4-14(17)5-3-11/h2-7H,8-9,18H2,1H3. The van der Waals surface area contributed by atoms with E-state index in [-0.39, 0.29) is 5.82 Å². The molecule has 0 aliphatic rings. The molecule has 0 aromatic heterocycles. The molecule has 0 bridgehead atoms. The Balaban J connectivity index is 2.17. The second-order valence-corrected chi connectivity index (χ2v) is 5.25. The van der Waals surface area contributed by atoms with Gasteiger partial charge in [0.25, 0.3) is 0 Å². The van der Waals surface area contributed by atoms with Gasteiger partial charge in [-0.25, -0.2) is 4.39 Å². The summed E-state index contributed by atoms with van der Waals surface area (Å²) in [6, 6.07) is 10.2. The summed E-state index contributed by atoms with van der Waals surface area (Å²) < 4.78 is 19.6. The third kappa shape index (κ3) is 3.55. The van der Waals surface area contributed by atoms with Crippen molar-refractivity contribution in [2.45, 2.75) is 20.1 Å². The summed E-state index contributed by atoms with van der Waals surface area (Å²) >= 11 is 3.44. The van der Waals surface area contributed by atoms with Crippen molar-refractivity contribution >= 4 is 15.9 Å². The highest BCUT2D eigenvalue weighted by molar-refractivity contribution is 9.10. The molecule has 2 N–H and O–H groups in total. The van der Waals surface area contributed by atoms with Crippen LogP contribution in [0.1, 0.15) is 16.7 Å². The van der Waals surface area contributed by atoms with Gasteiger partial charge >= 0.3 is 0 Å².